The normalized spacial score (nSPS) is 10.3. The van der Waals surface area contributed by atoms with Crippen LogP contribution in [0.2, 0.25) is 10.2 Å². The molecule has 2 heterocycles. The second kappa shape index (κ2) is 4.73. The van der Waals surface area contributed by atoms with Crippen molar-refractivity contribution in [3.63, 3.8) is 0 Å². The van der Waals surface area contributed by atoms with Crippen molar-refractivity contribution < 1.29 is 4.74 Å². The fourth-order valence-electron chi connectivity index (χ4n) is 1.12. The van der Waals surface area contributed by atoms with Gasteiger partial charge in [-0.25, -0.2) is 9.67 Å². The molecule has 0 atom stereocenters. The van der Waals surface area contributed by atoms with E-state index in [1.165, 1.54) is 19.4 Å². The second-order valence-electron chi connectivity index (χ2n) is 3.17. The number of rotatable bonds is 2. The van der Waals surface area contributed by atoms with E-state index in [0.29, 0.717) is 10.9 Å². The highest BCUT2D eigenvalue weighted by Gasteiger charge is 2.09. The Labute approximate surface area is 107 Å². The molecule has 2 aromatic rings. The molecule has 88 valence electrons. The minimum atomic E-state index is -0.425. The van der Waals surface area contributed by atoms with E-state index in [0.717, 1.165) is 4.68 Å². The third-order valence-electron chi connectivity index (χ3n) is 1.97. The quantitative estimate of drug-likeness (QED) is 0.787. The molecule has 0 fully saturated rings. The Kier molecular flexibility index (Phi) is 3.31. The summed E-state index contributed by atoms with van der Waals surface area (Å²) in [6.07, 6.45) is 2.79. The first-order valence-electron chi connectivity index (χ1n) is 4.59. The lowest BCUT2D eigenvalue weighted by Gasteiger charge is -2.06. The number of aryl methyl sites for hydroxylation is 1. The lowest BCUT2D eigenvalue weighted by molar-refractivity contribution is 0.471. The zero-order valence-corrected chi connectivity index (χ0v) is 10.2. The maximum Gasteiger partial charge on any atom is 0.289 e. The molecule has 0 spiro atoms. The Morgan fingerprint density at radius 3 is 2.71 bits per heavy atom. The number of pyridine rings is 1. The molecule has 0 radical (unpaired) electrons. The summed E-state index contributed by atoms with van der Waals surface area (Å²) in [5.41, 5.74) is -0.425. The van der Waals surface area contributed by atoms with Gasteiger partial charge in [-0.15, -0.1) is 0 Å². The Hall–Kier alpha value is -1.59. The zero-order chi connectivity index (χ0) is 12.4. The molecule has 0 unspecified atom stereocenters. The molecule has 0 aliphatic heterocycles. The zero-order valence-electron chi connectivity index (χ0n) is 8.72. The first-order valence-corrected chi connectivity index (χ1v) is 5.35. The molecule has 0 N–H and O–H groups in total. The van der Waals surface area contributed by atoms with Crippen molar-refractivity contribution in [1.82, 2.24) is 14.8 Å². The van der Waals surface area contributed by atoms with Gasteiger partial charge in [-0.05, 0) is 12.1 Å². The molecule has 7 heteroatoms. The molecular weight excluding hydrogens is 265 g/mol. The summed E-state index contributed by atoms with van der Waals surface area (Å²) in [5.74, 6) is 0.602. The highest BCUT2D eigenvalue weighted by Crippen LogP contribution is 2.25. The predicted octanol–water partition coefficient (Wildman–Crippen LogP) is 2.27. The minimum absolute atomic E-state index is 0.0301. The fraction of sp³-hybridized carbons (Fsp3) is 0.100. The standard InChI is InChI=1S/C10H7Cl2N3O2/c1-15-10(16)9(12)7(5-14-15)17-6-2-3-8(11)13-4-6/h2-5H,1H3. The topological polar surface area (TPSA) is 57.0 Å². The maximum absolute atomic E-state index is 11.5. The van der Waals surface area contributed by atoms with Gasteiger partial charge in [0.25, 0.3) is 5.56 Å². The van der Waals surface area contributed by atoms with Crippen LogP contribution in [0.15, 0.2) is 29.3 Å². The number of hydrogen-bond acceptors (Lipinski definition) is 4. The molecule has 5 nitrogen and oxygen atoms in total. The van der Waals surface area contributed by atoms with Crippen molar-refractivity contribution in [2.45, 2.75) is 0 Å². The molecule has 0 saturated heterocycles. The fourth-order valence-corrected chi connectivity index (χ4v) is 1.44. The molecule has 0 aromatic carbocycles. The van der Waals surface area contributed by atoms with E-state index in [-0.39, 0.29) is 10.8 Å². The van der Waals surface area contributed by atoms with Gasteiger partial charge in [0.15, 0.2) is 10.8 Å². The molecular formula is C10H7Cl2N3O2. The van der Waals surface area contributed by atoms with Crippen LogP contribution in [0.5, 0.6) is 11.5 Å². The molecule has 0 aliphatic rings. The summed E-state index contributed by atoms with van der Waals surface area (Å²) >= 11 is 11.5. The van der Waals surface area contributed by atoms with E-state index in [1.54, 1.807) is 12.1 Å². The number of nitrogens with zero attached hydrogens (tertiary/aromatic N) is 3. The molecule has 0 amide bonds. The van der Waals surface area contributed by atoms with Crippen LogP contribution in [0.1, 0.15) is 0 Å². The monoisotopic (exact) mass is 271 g/mol. The van der Waals surface area contributed by atoms with Crippen molar-refractivity contribution in [3.05, 3.63) is 45.1 Å². The van der Waals surface area contributed by atoms with Crippen LogP contribution in [0.4, 0.5) is 0 Å². The summed E-state index contributed by atoms with van der Waals surface area (Å²) < 4.78 is 6.49. The molecule has 0 bridgehead atoms. The van der Waals surface area contributed by atoms with E-state index >= 15 is 0 Å². The first-order chi connectivity index (χ1) is 8.08. The highest BCUT2D eigenvalue weighted by atomic mass is 35.5. The Bertz CT molecular complexity index is 595. The number of hydrogen-bond donors (Lipinski definition) is 0. The summed E-state index contributed by atoms with van der Waals surface area (Å²) in [7, 11) is 1.50. The highest BCUT2D eigenvalue weighted by molar-refractivity contribution is 6.31. The van der Waals surface area contributed by atoms with Gasteiger partial charge in [-0.1, -0.05) is 23.2 Å². The van der Waals surface area contributed by atoms with Crippen LogP contribution in [0, 0.1) is 0 Å². The van der Waals surface area contributed by atoms with Crippen molar-refractivity contribution in [2.75, 3.05) is 0 Å². The van der Waals surface area contributed by atoms with E-state index in [1.807, 2.05) is 0 Å². The molecule has 0 saturated carbocycles. The van der Waals surface area contributed by atoms with Gasteiger partial charge >= 0.3 is 0 Å². The first kappa shape index (κ1) is 11.9. The summed E-state index contributed by atoms with van der Waals surface area (Å²) in [6.45, 7) is 0. The Morgan fingerprint density at radius 2 is 2.06 bits per heavy atom. The second-order valence-corrected chi connectivity index (χ2v) is 3.94. The van der Waals surface area contributed by atoms with Crippen molar-refractivity contribution in [1.29, 1.82) is 0 Å². The average Bonchev–Trinajstić information content (AvgIpc) is 2.33. The van der Waals surface area contributed by atoms with E-state index < -0.39 is 5.56 Å². The third kappa shape index (κ3) is 2.57. The Morgan fingerprint density at radius 1 is 1.29 bits per heavy atom. The van der Waals surface area contributed by atoms with Crippen LogP contribution in [0.3, 0.4) is 0 Å². The van der Waals surface area contributed by atoms with Gasteiger partial charge in [0.2, 0.25) is 0 Å². The van der Waals surface area contributed by atoms with Crippen molar-refractivity contribution in [2.24, 2.45) is 7.05 Å². The lowest BCUT2D eigenvalue weighted by atomic mass is 10.4. The van der Waals surface area contributed by atoms with Gasteiger partial charge in [0, 0.05) is 7.05 Å². The number of halogens is 2. The van der Waals surface area contributed by atoms with Crippen molar-refractivity contribution >= 4 is 23.2 Å². The van der Waals surface area contributed by atoms with Gasteiger partial charge < -0.3 is 4.74 Å². The summed E-state index contributed by atoms with van der Waals surface area (Å²) in [5, 5.41) is 4.12. The Balaban J connectivity index is 2.34. The van der Waals surface area contributed by atoms with Gasteiger partial charge in [0.05, 0.1) is 12.4 Å². The van der Waals surface area contributed by atoms with Crippen LogP contribution in [-0.2, 0) is 7.05 Å². The largest absolute Gasteiger partial charge is 0.452 e. The smallest absolute Gasteiger partial charge is 0.289 e. The van der Waals surface area contributed by atoms with Gasteiger partial charge in [-0.2, -0.15) is 5.10 Å². The summed E-state index contributed by atoms with van der Waals surface area (Å²) in [4.78, 5) is 15.3. The van der Waals surface area contributed by atoms with E-state index in [4.69, 9.17) is 27.9 Å². The lowest BCUT2D eigenvalue weighted by Crippen LogP contribution is -2.19. The van der Waals surface area contributed by atoms with Crippen LogP contribution >= 0.6 is 23.2 Å². The van der Waals surface area contributed by atoms with Crippen LogP contribution < -0.4 is 10.3 Å². The minimum Gasteiger partial charge on any atom is -0.452 e. The molecule has 2 rings (SSSR count). The number of ether oxygens (including phenoxy) is 1. The van der Waals surface area contributed by atoms with E-state index in [2.05, 4.69) is 10.1 Å². The van der Waals surface area contributed by atoms with Crippen LogP contribution in [-0.4, -0.2) is 14.8 Å². The number of aromatic nitrogens is 3. The maximum atomic E-state index is 11.5. The van der Waals surface area contributed by atoms with Gasteiger partial charge in [-0.3, -0.25) is 4.79 Å². The third-order valence-corrected chi connectivity index (χ3v) is 2.55. The molecule has 0 aliphatic carbocycles. The molecule has 17 heavy (non-hydrogen) atoms. The molecule has 2 aromatic heterocycles. The van der Waals surface area contributed by atoms with Crippen molar-refractivity contribution in [3.8, 4) is 11.5 Å². The predicted molar refractivity (Wildman–Crippen MR) is 63.8 cm³/mol. The van der Waals surface area contributed by atoms with Crippen LogP contribution in [0.25, 0.3) is 0 Å². The summed E-state index contributed by atoms with van der Waals surface area (Å²) in [6, 6.07) is 3.18. The van der Waals surface area contributed by atoms with Gasteiger partial charge in [0.1, 0.15) is 10.9 Å². The average molecular weight is 272 g/mol. The van der Waals surface area contributed by atoms with E-state index in [9.17, 15) is 4.79 Å². The SMILES string of the molecule is Cn1ncc(Oc2ccc(Cl)nc2)c(Cl)c1=O.